The number of benzene rings is 9. The van der Waals surface area contributed by atoms with Gasteiger partial charge in [-0.3, -0.25) is 0 Å². The summed E-state index contributed by atoms with van der Waals surface area (Å²) in [6, 6.07) is 70.7. The molecule has 11 aromatic rings. The molecule has 0 spiro atoms. The minimum Gasteiger partial charge on any atom is -0.456 e. The molecule has 5 heteroatoms. The molecule has 0 unspecified atom stereocenters. The molecule has 0 saturated heterocycles. The van der Waals surface area contributed by atoms with Gasteiger partial charge in [0, 0.05) is 44.5 Å². The van der Waals surface area contributed by atoms with Gasteiger partial charge in [-0.05, 0) is 118 Å². The Kier molecular flexibility index (Phi) is 7.81. The number of hydrogen-bond acceptors (Lipinski definition) is 5. The van der Waals surface area contributed by atoms with Crippen LogP contribution in [-0.2, 0) is 5.41 Å². The van der Waals surface area contributed by atoms with Crippen LogP contribution in [0.2, 0.25) is 0 Å². The fraction of sp³-hybridized carbons (Fsp3) is 0.0536. The number of oxazole rings is 1. The summed E-state index contributed by atoms with van der Waals surface area (Å²) >= 11 is 0. The van der Waals surface area contributed by atoms with Gasteiger partial charge in [-0.15, -0.1) is 0 Å². The summed E-state index contributed by atoms with van der Waals surface area (Å²) < 4.78 is 13.3. The highest BCUT2D eigenvalue weighted by atomic mass is 16.3. The molecule has 0 aliphatic heterocycles. The Bertz CT molecular complexity index is 3470. The number of aromatic nitrogens is 1. The third-order valence-corrected chi connectivity index (χ3v) is 12.4. The normalized spacial score (nSPS) is 12.9. The van der Waals surface area contributed by atoms with E-state index in [1.807, 2.05) is 12.1 Å². The van der Waals surface area contributed by atoms with Crippen LogP contribution in [0.25, 0.3) is 66.4 Å². The molecule has 9 aromatic carbocycles. The summed E-state index contributed by atoms with van der Waals surface area (Å²) in [5.74, 6) is 0.565. The highest BCUT2D eigenvalue weighted by molar-refractivity contribution is 6.07. The van der Waals surface area contributed by atoms with Gasteiger partial charge in [0.25, 0.3) is 0 Å². The fourth-order valence-electron chi connectivity index (χ4n) is 9.45. The zero-order chi connectivity index (χ0) is 40.7. The maximum atomic E-state index is 7.00. The third kappa shape index (κ3) is 5.66. The van der Waals surface area contributed by atoms with Gasteiger partial charge in [-0.25, -0.2) is 4.98 Å². The minimum atomic E-state index is -0.184. The van der Waals surface area contributed by atoms with E-state index in [1.54, 1.807) is 0 Å². The maximum Gasteiger partial charge on any atom is 0.227 e. The van der Waals surface area contributed by atoms with Gasteiger partial charge in [-0.2, -0.15) is 0 Å². The first-order valence-corrected chi connectivity index (χ1v) is 20.8. The molecule has 0 radical (unpaired) electrons. The van der Waals surface area contributed by atoms with Crippen LogP contribution >= 0.6 is 0 Å². The first-order valence-electron chi connectivity index (χ1n) is 20.8. The van der Waals surface area contributed by atoms with Crippen LogP contribution in [0.3, 0.4) is 0 Å². The molecular weight excluding hydrogens is 747 g/mol. The zero-order valence-corrected chi connectivity index (χ0v) is 33.7. The number of para-hydroxylation sites is 3. The summed E-state index contributed by atoms with van der Waals surface area (Å²) in [6.45, 7) is 4.66. The van der Waals surface area contributed by atoms with Crippen molar-refractivity contribution in [2.75, 3.05) is 9.80 Å². The Morgan fingerprint density at radius 3 is 1.92 bits per heavy atom. The van der Waals surface area contributed by atoms with Crippen LogP contribution in [0.4, 0.5) is 34.1 Å². The van der Waals surface area contributed by atoms with E-state index in [4.69, 9.17) is 13.8 Å². The van der Waals surface area contributed by atoms with Gasteiger partial charge in [0.05, 0.1) is 11.4 Å². The SMILES string of the molecule is CC1(C)c2ccccc2-c2ccc(N(c3ccccc3)c3cc(N(c4ccccc4)c4ccc5oc6ccccc6c5c4)cc4nc(-c5ccc6ccccc6c5)oc34)cc21. The second-order valence-electron chi connectivity index (χ2n) is 16.4. The van der Waals surface area contributed by atoms with Gasteiger partial charge in [0.2, 0.25) is 5.89 Å². The number of fused-ring (bicyclic) bond motifs is 8. The lowest BCUT2D eigenvalue weighted by molar-refractivity contribution is 0.620. The van der Waals surface area contributed by atoms with Gasteiger partial charge in [0.15, 0.2) is 5.58 Å². The molecule has 5 nitrogen and oxygen atoms in total. The molecule has 61 heavy (non-hydrogen) atoms. The number of nitrogens with zero attached hydrogens (tertiary/aromatic N) is 3. The van der Waals surface area contributed by atoms with Gasteiger partial charge < -0.3 is 18.6 Å². The summed E-state index contributed by atoms with van der Waals surface area (Å²) in [5.41, 5.74) is 15.0. The number of furan rings is 1. The van der Waals surface area contributed by atoms with Crippen molar-refractivity contribution < 1.29 is 8.83 Å². The first-order chi connectivity index (χ1) is 30.0. The monoisotopic (exact) mass is 785 g/mol. The van der Waals surface area contributed by atoms with E-state index in [-0.39, 0.29) is 5.41 Å². The fourth-order valence-corrected chi connectivity index (χ4v) is 9.45. The van der Waals surface area contributed by atoms with E-state index in [0.717, 1.165) is 72.5 Å². The van der Waals surface area contributed by atoms with Crippen molar-refractivity contribution >= 4 is 77.9 Å². The quantitative estimate of drug-likeness (QED) is 0.161. The van der Waals surface area contributed by atoms with Crippen molar-refractivity contribution in [1.29, 1.82) is 0 Å². The van der Waals surface area contributed by atoms with Crippen LogP contribution in [0.1, 0.15) is 25.0 Å². The predicted octanol–water partition coefficient (Wildman–Crippen LogP) is 15.8. The standard InChI is InChI=1S/C56H39N3O2/c1-56(2)48-23-13-11-21-44(48)45-29-27-42(33-49(45)56)59(40-19-7-4-8-20-40)51-35-43(34-50-54(51)61-55(57-50)38-26-25-36-15-9-10-16-37(36)31-38)58(39-17-5-3-6-18-39)41-28-30-53-47(32-41)46-22-12-14-24-52(46)60-53/h3-35H,1-2H3. The average Bonchev–Trinajstić information content (AvgIpc) is 3.98. The lowest BCUT2D eigenvalue weighted by atomic mass is 9.82. The predicted molar refractivity (Wildman–Crippen MR) is 251 cm³/mol. The smallest absolute Gasteiger partial charge is 0.227 e. The number of hydrogen-bond donors (Lipinski definition) is 0. The molecule has 0 bridgehead atoms. The Morgan fingerprint density at radius 2 is 1.08 bits per heavy atom. The molecule has 1 aliphatic rings. The van der Waals surface area contributed by atoms with Crippen molar-refractivity contribution in [3.8, 4) is 22.6 Å². The molecule has 0 saturated carbocycles. The number of anilines is 6. The Labute approximate surface area is 353 Å². The lowest BCUT2D eigenvalue weighted by Crippen LogP contribution is -2.17. The maximum absolute atomic E-state index is 7.00. The van der Waals surface area contributed by atoms with Crippen LogP contribution in [0.5, 0.6) is 0 Å². The van der Waals surface area contributed by atoms with Gasteiger partial charge in [0.1, 0.15) is 16.7 Å². The average molecular weight is 786 g/mol. The lowest BCUT2D eigenvalue weighted by Gasteiger charge is -2.30. The van der Waals surface area contributed by atoms with Crippen molar-refractivity contribution in [3.63, 3.8) is 0 Å². The van der Waals surface area contributed by atoms with Crippen molar-refractivity contribution in [3.05, 3.63) is 211 Å². The van der Waals surface area contributed by atoms with Crippen molar-refractivity contribution in [2.45, 2.75) is 19.3 Å². The highest BCUT2D eigenvalue weighted by Crippen LogP contribution is 2.52. The second-order valence-corrected chi connectivity index (χ2v) is 16.4. The first kappa shape index (κ1) is 35.1. The van der Waals surface area contributed by atoms with E-state index in [2.05, 4.69) is 212 Å². The van der Waals surface area contributed by atoms with Gasteiger partial charge in [-0.1, -0.05) is 129 Å². The molecule has 12 rings (SSSR count). The third-order valence-electron chi connectivity index (χ3n) is 12.4. The minimum absolute atomic E-state index is 0.184. The van der Waals surface area contributed by atoms with Crippen LogP contribution in [0, 0.1) is 0 Å². The van der Waals surface area contributed by atoms with E-state index in [9.17, 15) is 0 Å². The van der Waals surface area contributed by atoms with E-state index >= 15 is 0 Å². The van der Waals surface area contributed by atoms with Crippen LogP contribution < -0.4 is 9.80 Å². The van der Waals surface area contributed by atoms with E-state index in [0.29, 0.717) is 11.5 Å². The largest absolute Gasteiger partial charge is 0.456 e. The molecular formula is C56H39N3O2. The van der Waals surface area contributed by atoms with Gasteiger partial charge >= 0.3 is 0 Å². The Balaban J connectivity index is 1.12. The summed E-state index contributed by atoms with van der Waals surface area (Å²) in [7, 11) is 0. The molecule has 0 amide bonds. The molecule has 0 fully saturated rings. The summed E-state index contributed by atoms with van der Waals surface area (Å²) in [4.78, 5) is 9.94. The zero-order valence-electron chi connectivity index (χ0n) is 33.7. The Morgan fingerprint density at radius 1 is 0.426 bits per heavy atom. The molecule has 0 N–H and O–H groups in total. The van der Waals surface area contributed by atoms with Crippen LogP contribution in [0.15, 0.2) is 209 Å². The second kappa shape index (κ2) is 13.6. The molecule has 1 aliphatic carbocycles. The summed E-state index contributed by atoms with van der Waals surface area (Å²) in [5, 5.41) is 4.44. The molecule has 290 valence electrons. The van der Waals surface area contributed by atoms with Crippen LogP contribution in [-0.4, -0.2) is 4.98 Å². The highest BCUT2D eigenvalue weighted by Gasteiger charge is 2.36. The Hall–Kier alpha value is -7.89. The summed E-state index contributed by atoms with van der Waals surface area (Å²) in [6.07, 6.45) is 0. The number of rotatable bonds is 7. The molecule has 2 aromatic heterocycles. The molecule has 2 heterocycles. The van der Waals surface area contributed by atoms with Crippen molar-refractivity contribution in [1.82, 2.24) is 4.98 Å². The molecule has 0 atom stereocenters. The van der Waals surface area contributed by atoms with E-state index in [1.165, 1.54) is 27.6 Å². The van der Waals surface area contributed by atoms with Crippen molar-refractivity contribution in [2.24, 2.45) is 0 Å². The topological polar surface area (TPSA) is 45.7 Å². The van der Waals surface area contributed by atoms with E-state index < -0.39 is 0 Å².